The van der Waals surface area contributed by atoms with Gasteiger partial charge in [0, 0.05) is 11.7 Å². The summed E-state index contributed by atoms with van der Waals surface area (Å²) in [6.45, 7) is 7.69. The molecular weight excluding hydrogens is 268 g/mol. The molecule has 0 saturated heterocycles. The van der Waals surface area contributed by atoms with E-state index < -0.39 is 0 Å². The van der Waals surface area contributed by atoms with Crippen LogP contribution in [-0.4, -0.2) is 38.4 Å². The molecule has 0 aliphatic rings. The highest BCUT2D eigenvalue weighted by atomic mass is 16.3. The second-order valence-electron chi connectivity index (χ2n) is 5.45. The number of fused-ring (bicyclic) bond motifs is 1. The number of nitrogens with zero attached hydrogens (tertiary/aromatic N) is 3. The lowest BCUT2D eigenvalue weighted by molar-refractivity contribution is 0.0924. The summed E-state index contributed by atoms with van der Waals surface area (Å²) < 4.78 is 1.86. The van der Waals surface area contributed by atoms with Gasteiger partial charge in [0.25, 0.3) is 5.91 Å². The van der Waals surface area contributed by atoms with Gasteiger partial charge in [-0.3, -0.25) is 4.79 Å². The molecule has 2 rings (SSSR count). The van der Waals surface area contributed by atoms with Gasteiger partial charge in [0.1, 0.15) is 0 Å². The largest absolute Gasteiger partial charge is 0.394 e. The smallest absolute Gasteiger partial charge is 0.252 e. The molecule has 0 aromatic carbocycles. The third kappa shape index (κ3) is 3.05. The van der Waals surface area contributed by atoms with Crippen LogP contribution in [0, 0.1) is 6.92 Å². The zero-order valence-electron chi connectivity index (χ0n) is 12.9. The fourth-order valence-electron chi connectivity index (χ4n) is 2.17. The molecule has 2 aromatic heterocycles. The molecule has 0 aliphatic heterocycles. The Kier molecular flexibility index (Phi) is 4.57. The number of aryl methyl sites for hydroxylation is 1. The standard InChI is InChI=1S/C15H22N4O2/c1-5-11(4)19-14-13(7-16-19)12(6-9(2)17-14)15(21)18-10(3)8-20/h6-7,10-11,20H,5,8H2,1-4H3,(H,18,21). The van der Waals surface area contributed by atoms with Crippen molar-refractivity contribution >= 4 is 16.9 Å². The summed E-state index contributed by atoms with van der Waals surface area (Å²) in [4.78, 5) is 16.9. The molecular formula is C15H22N4O2. The van der Waals surface area contributed by atoms with E-state index >= 15 is 0 Å². The van der Waals surface area contributed by atoms with Crippen LogP contribution in [0.4, 0.5) is 0 Å². The summed E-state index contributed by atoms with van der Waals surface area (Å²) in [6, 6.07) is 1.69. The highest BCUT2D eigenvalue weighted by molar-refractivity contribution is 6.05. The number of aromatic nitrogens is 3. The van der Waals surface area contributed by atoms with E-state index in [4.69, 9.17) is 5.11 Å². The minimum atomic E-state index is -0.286. The number of hydrogen-bond donors (Lipinski definition) is 2. The van der Waals surface area contributed by atoms with Crippen molar-refractivity contribution in [3.05, 3.63) is 23.5 Å². The van der Waals surface area contributed by atoms with E-state index in [2.05, 4.69) is 29.2 Å². The van der Waals surface area contributed by atoms with Gasteiger partial charge in [0.05, 0.1) is 29.8 Å². The minimum absolute atomic E-state index is 0.0922. The molecule has 6 nitrogen and oxygen atoms in total. The summed E-state index contributed by atoms with van der Waals surface area (Å²) in [7, 11) is 0. The molecule has 2 unspecified atom stereocenters. The number of aliphatic hydroxyl groups excluding tert-OH is 1. The molecule has 6 heteroatoms. The topological polar surface area (TPSA) is 80.0 Å². The molecule has 2 aromatic rings. The lowest BCUT2D eigenvalue weighted by atomic mass is 10.1. The highest BCUT2D eigenvalue weighted by Gasteiger charge is 2.18. The van der Waals surface area contributed by atoms with Gasteiger partial charge in [-0.25, -0.2) is 9.67 Å². The van der Waals surface area contributed by atoms with Gasteiger partial charge in [0.15, 0.2) is 5.65 Å². The number of amides is 1. The zero-order chi connectivity index (χ0) is 15.6. The normalized spacial score (nSPS) is 14.1. The van der Waals surface area contributed by atoms with Crippen molar-refractivity contribution in [3.63, 3.8) is 0 Å². The second-order valence-corrected chi connectivity index (χ2v) is 5.45. The van der Waals surface area contributed by atoms with Gasteiger partial charge in [0.2, 0.25) is 0 Å². The number of hydrogen-bond acceptors (Lipinski definition) is 4. The first kappa shape index (κ1) is 15.4. The molecule has 0 radical (unpaired) electrons. The van der Waals surface area contributed by atoms with Crippen molar-refractivity contribution in [2.75, 3.05) is 6.61 Å². The van der Waals surface area contributed by atoms with Crippen molar-refractivity contribution in [3.8, 4) is 0 Å². The van der Waals surface area contributed by atoms with E-state index in [1.54, 1.807) is 19.2 Å². The SMILES string of the molecule is CCC(C)n1ncc2c(C(=O)NC(C)CO)cc(C)nc21. The number of pyridine rings is 1. The lowest BCUT2D eigenvalue weighted by Gasteiger charge is -2.13. The summed E-state index contributed by atoms with van der Waals surface area (Å²) in [5.41, 5.74) is 2.05. The third-order valence-electron chi connectivity index (χ3n) is 3.60. The molecule has 1 amide bonds. The van der Waals surface area contributed by atoms with Crippen LogP contribution >= 0.6 is 0 Å². The van der Waals surface area contributed by atoms with Crippen LogP contribution in [0.5, 0.6) is 0 Å². The van der Waals surface area contributed by atoms with E-state index in [1.165, 1.54) is 0 Å². The Hall–Kier alpha value is -1.95. The predicted molar refractivity (Wildman–Crippen MR) is 81.3 cm³/mol. The maximum absolute atomic E-state index is 12.3. The Morgan fingerprint density at radius 2 is 2.19 bits per heavy atom. The van der Waals surface area contributed by atoms with E-state index in [9.17, 15) is 4.79 Å². The quantitative estimate of drug-likeness (QED) is 0.880. The Morgan fingerprint density at radius 1 is 1.48 bits per heavy atom. The average molecular weight is 290 g/mol. The van der Waals surface area contributed by atoms with Crippen molar-refractivity contribution in [1.82, 2.24) is 20.1 Å². The number of aliphatic hydroxyl groups is 1. The van der Waals surface area contributed by atoms with Gasteiger partial charge in [-0.2, -0.15) is 5.10 Å². The summed E-state index contributed by atoms with van der Waals surface area (Å²) in [5.74, 6) is -0.212. The van der Waals surface area contributed by atoms with Crippen LogP contribution in [0.3, 0.4) is 0 Å². The number of carbonyl (C=O) groups excluding carboxylic acids is 1. The van der Waals surface area contributed by atoms with Gasteiger partial charge in [-0.15, -0.1) is 0 Å². The maximum Gasteiger partial charge on any atom is 0.252 e. The lowest BCUT2D eigenvalue weighted by Crippen LogP contribution is -2.35. The monoisotopic (exact) mass is 290 g/mol. The number of nitrogens with one attached hydrogen (secondary N) is 1. The predicted octanol–water partition coefficient (Wildman–Crippen LogP) is 1.82. The van der Waals surface area contributed by atoms with E-state index in [1.807, 2.05) is 11.6 Å². The van der Waals surface area contributed by atoms with Crippen LogP contribution in [0.15, 0.2) is 12.3 Å². The molecule has 0 spiro atoms. The van der Waals surface area contributed by atoms with Crippen LogP contribution in [0.2, 0.25) is 0 Å². The molecule has 2 atom stereocenters. The average Bonchev–Trinajstić information content (AvgIpc) is 2.88. The van der Waals surface area contributed by atoms with Crippen LogP contribution < -0.4 is 5.32 Å². The van der Waals surface area contributed by atoms with Gasteiger partial charge in [-0.05, 0) is 33.3 Å². The Labute approximate surface area is 124 Å². The van der Waals surface area contributed by atoms with Crippen molar-refractivity contribution < 1.29 is 9.90 Å². The van der Waals surface area contributed by atoms with Gasteiger partial charge >= 0.3 is 0 Å². The first-order valence-electron chi connectivity index (χ1n) is 7.24. The maximum atomic E-state index is 12.3. The molecule has 114 valence electrons. The molecule has 0 aliphatic carbocycles. The Bertz CT molecular complexity index is 650. The summed E-state index contributed by atoms with van der Waals surface area (Å²) >= 11 is 0. The first-order chi connectivity index (χ1) is 9.97. The molecule has 2 heterocycles. The Morgan fingerprint density at radius 3 is 2.81 bits per heavy atom. The fraction of sp³-hybridized carbons (Fsp3) is 0.533. The van der Waals surface area contributed by atoms with Crippen LogP contribution in [0.25, 0.3) is 11.0 Å². The molecule has 0 bridgehead atoms. The van der Waals surface area contributed by atoms with Gasteiger partial charge in [-0.1, -0.05) is 6.92 Å². The zero-order valence-corrected chi connectivity index (χ0v) is 12.9. The van der Waals surface area contributed by atoms with E-state index in [0.29, 0.717) is 5.56 Å². The molecule has 0 saturated carbocycles. The van der Waals surface area contributed by atoms with Crippen molar-refractivity contribution in [1.29, 1.82) is 0 Å². The first-order valence-corrected chi connectivity index (χ1v) is 7.24. The van der Waals surface area contributed by atoms with Crippen molar-refractivity contribution in [2.45, 2.75) is 46.2 Å². The Balaban J connectivity index is 2.50. The van der Waals surface area contributed by atoms with Crippen LogP contribution in [0.1, 0.15) is 49.3 Å². The number of rotatable bonds is 5. The van der Waals surface area contributed by atoms with Crippen LogP contribution in [-0.2, 0) is 0 Å². The molecule has 21 heavy (non-hydrogen) atoms. The fourth-order valence-corrected chi connectivity index (χ4v) is 2.17. The minimum Gasteiger partial charge on any atom is -0.394 e. The summed E-state index contributed by atoms with van der Waals surface area (Å²) in [6.07, 6.45) is 2.63. The highest BCUT2D eigenvalue weighted by Crippen LogP contribution is 2.22. The van der Waals surface area contributed by atoms with Gasteiger partial charge < -0.3 is 10.4 Å². The number of carbonyl (C=O) groups is 1. The van der Waals surface area contributed by atoms with E-state index in [0.717, 1.165) is 23.1 Å². The summed E-state index contributed by atoms with van der Waals surface area (Å²) in [5, 5.41) is 16.9. The third-order valence-corrected chi connectivity index (χ3v) is 3.60. The molecule has 0 fully saturated rings. The van der Waals surface area contributed by atoms with E-state index in [-0.39, 0.29) is 24.6 Å². The molecule has 2 N–H and O–H groups in total. The second kappa shape index (κ2) is 6.22. The van der Waals surface area contributed by atoms with Crippen molar-refractivity contribution in [2.24, 2.45) is 0 Å².